The molecule has 54 valence electrons. The molecule has 0 amide bonds. The van der Waals surface area contributed by atoms with Gasteiger partial charge in [0.15, 0.2) is 6.29 Å². The smallest absolute Gasteiger partial charge is 0.168 e. The molecule has 1 aliphatic rings. The van der Waals surface area contributed by atoms with E-state index in [1.807, 2.05) is 0 Å². The van der Waals surface area contributed by atoms with Crippen molar-refractivity contribution < 1.29 is 4.79 Å². The third kappa shape index (κ3) is 0.941. The summed E-state index contributed by atoms with van der Waals surface area (Å²) in [5, 5.41) is 0. The van der Waals surface area contributed by atoms with Gasteiger partial charge < -0.3 is 0 Å². The molecule has 0 saturated carbocycles. The van der Waals surface area contributed by atoms with Gasteiger partial charge in [-0.3, -0.25) is 14.8 Å². The van der Waals surface area contributed by atoms with Crippen LogP contribution >= 0.6 is 0 Å². The molecule has 2 rings (SSSR count). The van der Waals surface area contributed by atoms with Gasteiger partial charge in [-0.05, 0) is 11.6 Å². The predicted octanol–water partition coefficient (Wildman–Crippen LogP) is 0.827. The van der Waals surface area contributed by atoms with Crippen LogP contribution in [0.4, 0.5) is 0 Å². The van der Waals surface area contributed by atoms with Crippen molar-refractivity contribution in [2.45, 2.75) is 6.54 Å². The summed E-state index contributed by atoms with van der Waals surface area (Å²) in [5.41, 5.74) is 2.59. The zero-order chi connectivity index (χ0) is 7.68. The summed E-state index contributed by atoms with van der Waals surface area (Å²) in [6.07, 6.45) is 4.20. The Morgan fingerprint density at radius 1 is 1.55 bits per heavy atom. The number of aldehydes is 1. The fraction of sp³-hybridized carbons (Fsp3) is 0.125. The second-order valence-electron chi connectivity index (χ2n) is 2.40. The first-order chi connectivity index (χ1) is 5.40. The van der Waals surface area contributed by atoms with Gasteiger partial charge in [0.1, 0.15) is 5.69 Å². The van der Waals surface area contributed by atoms with Crippen LogP contribution in [0.25, 0.3) is 0 Å². The molecule has 0 aromatic carbocycles. The molecule has 2 heterocycles. The van der Waals surface area contributed by atoms with Crippen LogP contribution in [0.15, 0.2) is 17.3 Å². The Hall–Kier alpha value is -1.51. The van der Waals surface area contributed by atoms with Gasteiger partial charge in [0, 0.05) is 18.0 Å². The second-order valence-corrected chi connectivity index (χ2v) is 2.40. The van der Waals surface area contributed by atoms with Gasteiger partial charge in [-0.1, -0.05) is 0 Å². The summed E-state index contributed by atoms with van der Waals surface area (Å²) in [6.45, 7) is 0.679. The van der Waals surface area contributed by atoms with Crippen LogP contribution in [0.5, 0.6) is 0 Å². The SMILES string of the molecule is O=Cc1cc2c(cn1)C=NC2. The maximum absolute atomic E-state index is 10.3. The fourth-order valence-corrected chi connectivity index (χ4v) is 1.09. The van der Waals surface area contributed by atoms with Gasteiger partial charge in [-0.25, -0.2) is 0 Å². The molecule has 0 saturated heterocycles. The average molecular weight is 146 g/mol. The van der Waals surface area contributed by atoms with Crippen molar-refractivity contribution >= 4 is 12.5 Å². The number of pyridine rings is 1. The van der Waals surface area contributed by atoms with Gasteiger partial charge in [0.25, 0.3) is 0 Å². The summed E-state index contributed by atoms with van der Waals surface area (Å²) in [7, 11) is 0. The highest BCUT2D eigenvalue weighted by atomic mass is 16.1. The van der Waals surface area contributed by atoms with E-state index in [2.05, 4.69) is 9.98 Å². The van der Waals surface area contributed by atoms with E-state index in [9.17, 15) is 4.79 Å². The monoisotopic (exact) mass is 146 g/mol. The number of hydrogen-bond acceptors (Lipinski definition) is 3. The molecule has 0 radical (unpaired) electrons. The van der Waals surface area contributed by atoms with E-state index < -0.39 is 0 Å². The number of carbonyl (C=O) groups excluding carboxylic acids is 1. The molecular weight excluding hydrogens is 140 g/mol. The summed E-state index contributed by atoms with van der Waals surface area (Å²) in [5.74, 6) is 0. The lowest BCUT2D eigenvalue weighted by Gasteiger charge is -1.95. The summed E-state index contributed by atoms with van der Waals surface area (Å²) < 4.78 is 0. The minimum Gasteiger partial charge on any atom is -0.296 e. The summed E-state index contributed by atoms with van der Waals surface area (Å²) in [4.78, 5) is 18.3. The number of carbonyl (C=O) groups is 1. The van der Waals surface area contributed by atoms with Gasteiger partial charge in [0.2, 0.25) is 0 Å². The van der Waals surface area contributed by atoms with Crippen LogP contribution in [0.2, 0.25) is 0 Å². The Morgan fingerprint density at radius 3 is 3.27 bits per heavy atom. The lowest BCUT2D eigenvalue weighted by molar-refractivity contribution is 0.111. The number of aliphatic imine (C=N–C) groups is 1. The maximum Gasteiger partial charge on any atom is 0.168 e. The van der Waals surface area contributed by atoms with Gasteiger partial charge >= 0.3 is 0 Å². The predicted molar refractivity (Wildman–Crippen MR) is 40.9 cm³/mol. The molecule has 0 atom stereocenters. The van der Waals surface area contributed by atoms with Crippen molar-refractivity contribution in [1.29, 1.82) is 0 Å². The Balaban J connectivity index is 2.53. The molecule has 0 N–H and O–H groups in total. The number of rotatable bonds is 1. The van der Waals surface area contributed by atoms with E-state index in [1.54, 1.807) is 18.5 Å². The van der Waals surface area contributed by atoms with E-state index in [-0.39, 0.29) is 0 Å². The molecule has 0 aliphatic carbocycles. The second kappa shape index (κ2) is 2.27. The first-order valence-electron chi connectivity index (χ1n) is 3.34. The molecule has 3 heteroatoms. The number of fused-ring (bicyclic) bond motifs is 1. The highest BCUT2D eigenvalue weighted by Crippen LogP contribution is 2.12. The van der Waals surface area contributed by atoms with Crippen molar-refractivity contribution in [2.24, 2.45) is 4.99 Å². The van der Waals surface area contributed by atoms with Gasteiger partial charge in [-0.2, -0.15) is 0 Å². The normalized spacial score (nSPS) is 13.1. The van der Waals surface area contributed by atoms with Gasteiger partial charge in [0.05, 0.1) is 6.54 Å². The minimum atomic E-state index is 0.481. The van der Waals surface area contributed by atoms with Crippen molar-refractivity contribution in [3.05, 3.63) is 29.1 Å². The topological polar surface area (TPSA) is 42.3 Å². The molecule has 0 bridgehead atoms. The van der Waals surface area contributed by atoms with E-state index >= 15 is 0 Å². The molecule has 0 spiro atoms. The van der Waals surface area contributed by atoms with Crippen LogP contribution in [-0.2, 0) is 6.54 Å². The van der Waals surface area contributed by atoms with Crippen molar-refractivity contribution in [2.75, 3.05) is 0 Å². The van der Waals surface area contributed by atoms with Crippen LogP contribution in [-0.4, -0.2) is 17.5 Å². The standard InChI is InChI=1S/C8H6N2O/c11-5-8-1-6-2-9-3-7(6)4-10-8/h1,3-5H,2H2. The summed E-state index contributed by atoms with van der Waals surface area (Å²) in [6, 6.07) is 1.77. The number of nitrogens with zero attached hydrogens (tertiary/aromatic N) is 2. The molecule has 11 heavy (non-hydrogen) atoms. The average Bonchev–Trinajstić information content (AvgIpc) is 2.50. The zero-order valence-corrected chi connectivity index (χ0v) is 5.82. The van der Waals surface area contributed by atoms with Crippen LogP contribution in [0.3, 0.4) is 0 Å². The number of hydrogen-bond donors (Lipinski definition) is 0. The summed E-state index contributed by atoms with van der Waals surface area (Å²) >= 11 is 0. The molecule has 1 aromatic rings. The Bertz CT molecular complexity index is 331. The van der Waals surface area contributed by atoms with E-state index in [0.29, 0.717) is 12.2 Å². The van der Waals surface area contributed by atoms with Gasteiger partial charge in [-0.15, -0.1) is 0 Å². The molecule has 1 aromatic heterocycles. The zero-order valence-electron chi connectivity index (χ0n) is 5.82. The Labute approximate surface area is 63.8 Å². The Kier molecular flexibility index (Phi) is 1.28. The van der Waals surface area contributed by atoms with E-state index in [1.165, 1.54) is 0 Å². The lowest BCUT2D eigenvalue weighted by atomic mass is 10.1. The van der Waals surface area contributed by atoms with Crippen LogP contribution < -0.4 is 0 Å². The van der Waals surface area contributed by atoms with E-state index in [4.69, 9.17) is 0 Å². The fourth-order valence-electron chi connectivity index (χ4n) is 1.09. The first-order valence-corrected chi connectivity index (χ1v) is 3.34. The van der Waals surface area contributed by atoms with Crippen molar-refractivity contribution in [3.8, 4) is 0 Å². The maximum atomic E-state index is 10.3. The molecular formula is C8H6N2O. The first kappa shape index (κ1) is 6.22. The van der Waals surface area contributed by atoms with Crippen molar-refractivity contribution in [1.82, 2.24) is 4.98 Å². The third-order valence-corrected chi connectivity index (χ3v) is 1.66. The third-order valence-electron chi connectivity index (χ3n) is 1.66. The van der Waals surface area contributed by atoms with E-state index in [0.717, 1.165) is 17.4 Å². The molecule has 0 unspecified atom stereocenters. The lowest BCUT2D eigenvalue weighted by Crippen LogP contribution is -1.91. The highest BCUT2D eigenvalue weighted by Gasteiger charge is 2.06. The van der Waals surface area contributed by atoms with Crippen molar-refractivity contribution in [3.63, 3.8) is 0 Å². The van der Waals surface area contributed by atoms with Crippen LogP contribution in [0, 0.1) is 0 Å². The molecule has 0 fully saturated rings. The minimum absolute atomic E-state index is 0.481. The molecule has 1 aliphatic heterocycles. The Morgan fingerprint density at radius 2 is 2.45 bits per heavy atom. The van der Waals surface area contributed by atoms with Crippen LogP contribution in [0.1, 0.15) is 21.6 Å². The highest BCUT2D eigenvalue weighted by molar-refractivity contribution is 5.85. The molecule has 3 nitrogen and oxygen atoms in total. The number of aromatic nitrogens is 1. The largest absolute Gasteiger partial charge is 0.296 e. The quantitative estimate of drug-likeness (QED) is 0.550.